The van der Waals surface area contributed by atoms with E-state index in [-0.39, 0.29) is 30.7 Å². The first-order chi connectivity index (χ1) is 9.34. The molecule has 0 saturated carbocycles. The van der Waals surface area contributed by atoms with Gasteiger partial charge in [0.15, 0.2) is 5.13 Å². The number of nitrogens with one attached hydrogen (secondary N) is 1. The number of anilines is 1. The van der Waals surface area contributed by atoms with E-state index >= 15 is 0 Å². The summed E-state index contributed by atoms with van der Waals surface area (Å²) in [5.41, 5.74) is 0. The Morgan fingerprint density at radius 2 is 2.14 bits per heavy atom. The number of carbonyl (C=O) groups excluding carboxylic acids is 1. The molecule has 120 valence electrons. The number of nitrogens with zero attached hydrogens (tertiary/aromatic N) is 3. The third-order valence-corrected chi connectivity index (χ3v) is 4.74. The summed E-state index contributed by atoms with van der Waals surface area (Å²) in [6, 6.07) is 0. The molecule has 21 heavy (non-hydrogen) atoms. The molecular formula is C13H22Cl2N4OS. The fraction of sp³-hybridized carbons (Fsp3) is 0.692. The fourth-order valence-electron chi connectivity index (χ4n) is 2.82. The van der Waals surface area contributed by atoms with Gasteiger partial charge in [-0.2, -0.15) is 0 Å². The lowest BCUT2D eigenvalue weighted by Crippen LogP contribution is -2.39. The van der Waals surface area contributed by atoms with Crippen LogP contribution in [0.5, 0.6) is 0 Å². The van der Waals surface area contributed by atoms with Crippen molar-refractivity contribution in [3.63, 3.8) is 0 Å². The fourth-order valence-corrected chi connectivity index (χ4v) is 3.52. The van der Waals surface area contributed by atoms with E-state index in [2.05, 4.69) is 15.2 Å². The van der Waals surface area contributed by atoms with Gasteiger partial charge in [-0.25, -0.2) is 4.98 Å². The van der Waals surface area contributed by atoms with E-state index in [9.17, 15) is 4.79 Å². The van der Waals surface area contributed by atoms with Crippen LogP contribution >= 0.6 is 36.2 Å². The molecule has 0 radical (unpaired) electrons. The zero-order valence-corrected chi connectivity index (χ0v) is 14.3. The summed E-state index contributed by atoms with van der Waals surface area (Å²) in [4.78, 5) is 21.1. The Bertz CT molecular complexity index is 426. The molecule has 2 aliphatic heterocycles. The molecule has 0 aromatic carbocycles. The van der Waals surface area contributed by atoms with Crippen LogP contribution in [-0.2, 0) is 4.79 Å². The SMILES string of the molecule is Cl.Cl.O=C(C1CCNC1)N1CCCN(c2nccs2)CC1. The Morgan fingerprint density at radius 1 is 1.29 bits per heavy atom. The summed E-state index contributed by atoms with van der Waals surface area (Å²) in [7, 11) is 0. The Labute approximate surface area is 141 Å². The predicted octanol–water partition coefficient (Wildman–Crippen LogP) is 1.63. The van der Waals surface area contributed by atoms with Crippen molar-refractivity contribution in [2.24, 2.45) is 5.92 Å². The largest absolute Gasteiger partial charge is 0.346 e. The van der Waals surface area contributed by atoms with Gasteiger partial charge in [0, 0.05) is 44.3 Å². The molecule has 1 aromatic rings. The van der Waals surface area contributed by atoms with Crippen LogP contribution in [0.25, 0.3) is 0 Å². The smallest absolute Gasteiger partial charge is 0.227 e. The van der Waals surface area contributed by atoms with E-state index in [4.69, 9.17) is 0 Å². The molecule has 2 aliphatic rings. The summed E-state index contributed by atoms with van der Waals surface area (Å²) in [5.74, 6) is 0.539. The number of aromatic nitrogens is 1. The second-order valence-electron chi connectivity index (χ2n) is 5.17. The van der Waals surface area contributed by atoms with E-state index in [1.165, 1.54) is 0 Å². The number of hydrogen-bond acceptors (Lipinski definition) is 5. The van der Waals surface area contributed by atoms with Crippen LogP contribution in [0.15, 0.2) is 11.6 Å². The van der Waals surface area contributed by atoms with Gasteiger partial charge in [-0.15, -0.1) is 36.2 Å². The molecule has 1 atom stereocenters. The predicted molar refractivity (Wildman–Crippen MR) is 91.0 cm³/mol. The maximum atomic E-state index is 12.4. The molecule has 5 nitrogen and oxygen atoms in total. The normalized spacial score (nSPS) is 22.2. The standard InChI is InChI=1S/C13H20N4OS.2ClH/c18-12(11-2-3-14-10-11)16-5-1-6-17(8-7-16)13-15-4-9-19-13;;/h4,9,11,14H,1-3,5-8,10H2;2*1H. The Balaban J connectivity index is 0.00000110. The molecule has 1 N–H and O–H groups in total. The van der Waals surface area contributed by atoms with Crippen LogP contribution in [0.4, 0.5) is 5.13 Å². The highest BCUT2D eigenvalue weighted by molar-refractivity contribution is 7.13. The number of hydrogen-bond donors (Lipinski definition) is 1. The van der Waals surface area contributed by atoms with E-state index in [1.54, 1.807) is 11.3 Å². The number of carbonyl (C=O) groups is 1. The molecular weight excluding hydrogens is 331 g/mol. The highest BCUT2D eigenvalue weighted by Gasteiger charge is 2.28. The molecule has 1 unspecified atom stereocenters. The lowest BCUT2D eigenvalue weighted by atomic mass is 10.1. The van der Waals surface area contributed by atoms with Crippen molar-refractivity contribution in [3.05, 3.63) is 11.6 Å². The third-order valence-electron chi connectivity index (χ3n) is 3.91. The van der Waals surface area contributed by atoms with Crippen molar-refractivity contribution in [1.29, 1.82) is 0 Å². The first-order valence-corrected chi connectivity index (χ1v) is 7.86. The first kappa shape index (κ1) is 18.5. The van der Waals surface area contributed by atoms with Crippen LogP contribution in [0.3, 0.4) is 0 Å². The maximum Gasteiger partial charge on any atom is 0.227 e. The average molecular weight is 353 g/mol. The Hall–Kier alpha value is -0.560. The number of thiazole rings is 1. The highest BCUT2D eigenvalue weighted by atomic mass is 35.5. The van der Waals surface area contributed by atoms with Gasteiger partial charge < -0.3 is 15.1 Å². The molecule has 3 heterocycles. The molecule has 8 heteroatoms. The van der Waals surface area contributed by atoms with E-state index < -0.39 is 0 Å². The minimum absolute atomic E-state index is 0. The number of amides is 1. The van der Waals surface area contributed by atoms with Crippen LogP contribution in [0.1, 0.15) is 12.8 Å². The van der Waals surface area contributed by atoms with Gasteiger partial charge >= 0.3 is 0 Å². The summed E-state index contributed by atoms with van der Waals surface area (Å²) < 4.78 is 0. The van der Waals surface area contributed by atoms with Crippen molar-refractivity contribution in [1.82, 2.24) is 15.2 Å². The van der Waals surface area contributed by atoms with Crippen LogP contribution in [-0.4, -0.2) is 55.1 Å². The van der Waals surface area contributed by atoms with Gasteiger partial charge in [0.05, 0.1) is 5.92 Å². The summed E-state index contributed by atoms with van der Waals surface area (Å²) in [5, 5.41) is 6.36. The van der Waals surface area contributed by atoms with E-state index in [1.807, 2.05) is 16.5 Å². The van der Waals surface area contributed by atoms with Crippen molar-refractivity contribution < 1.29 is 4.79 Å². The second kappa shape index (κ2) is 8.78. The number of halogens is 2. The van der Waals surface area contributed by atoms with Crippen LogP contribution in [0.2, 0.25) is 0 Å². The van der Waals surface area contributed by atoms with Crippen molar-refractivity contribution in [3.8, 4) is 0 Å². The van der Waals surface area contributed by atoms with Crippen molar-refractivity contribution in [2.45, 2.75) is 12.8 Å². The van der Waals surface area contributed by atoms with Crippen molar-refractivity contribution in [2.75, 3.05) is 44.2 Å². The topological polar surface area (TPSA) is 48.5 Å². The van der Waals surface area contributed by atoms with E-state index in [0.29, 0.717) is 5.91 Å². The maximum absolute atomic E-state index is 12.4. The van der Waals surface area contributed by atoms with Gasteiger partial charge in [-0.3, -0.25) is 4.79 Å². The zero-order chi connectivity index (χ0) is 13.1. The van der Waals surface area contributed by atoms with Gasteiger partial charge in [-0.05, 0) is 19.4 Å². The molecule has 0 spiro atoms. The highest BCUT2D eigenvalue weighted by Crippen LogP contribution is 2.20. The first-order valence-electron chi connectivity index (χ1n) is 6.98. The summed E-state index contributed by atoms with van der Waals surface area (Å²) in [6.07, 6.45) is 3.87. The molecule has 1 aromatic heterocycles. The van der Waals surface area contributed by atoms with E-state index in [0.717, 1.165) is 57.2 Å². The second-order valence-corrected chi connectivity index (χ2v) is 6.04. The minimum Gasteiger partial charge on any atom is -0.346 e. The van der Waals surface area contributed by atoms with Gasteiger partial charge in [-0.1, -0.05) is 0 Å². The summed E-state index contributed by atoms with van der Waals surface area (Å²) in [6.45, 7) is 5.45. The van der Waals surface area contributed by atoms with Crippen molar-refractivity contribution >= 4 is 47.2 Å². The molecule has 3 rings (SSSR count). The lowest BCUT2D eigenvalue weighted by molar-refractivity contribution is -0.134. The molecule has 0 aliphatic carbocycles. The minimum atomic E-state index is 0. The molecule has 0 bridgehead atoms. The van der Waals surface area contributed by atoms with Crippen LogP contribution in [0, 0.1) is 5.92 Å². The number of rotatable bonds is 2. The van der Waals surface area contributed by atoms with Gasteiger partial charge in [0.25, 0.3) is 0 Å². The Morgan fingerprint density at radius 3 is 2.81 bits per heavy atom. The Kier molecular flexibility index (Phi) is 7.73. The quantitative estimate of drug-likeness (QED) is 0.878. The molecule has 2 saturated heterocycles. The summed E-state index contributed by atoms with van der Waals surface area (Å²) >= 11 is 1.68. The zero-order valence-electron chi connectivity index (χ0n) is 11.9. The van der Waals surface area contributed by atoms with Gasteiger partial charge in [0.1, 0.15) is 0 Å². The average Bonchev–Trinajstić information content (AvgIpc) is 3.08. The van der Waals surface area contributed by atoms with Crippen LogP contribution < -0.4 is 10.2 Å². The third kappa shape index (κ3) is 4.45. The molecule has 1 amide bonds. The lowest BCUT2D eigenvalue weighted by Gasteiger charge is -2.24. The van der Waals surface area contributed by atoms with Gasteiger partial charge in [0.2, 0.25) is 5.91 Å². The monoisotopic (exact) mass is 352 g/mol. The molecule has 2 fully saturated rings.